The molecule has 0 fully saturated rings. The molecule has 0 bridgehead atoms. The predicted octanol–water partition coefficient (Wildman–Crippen LogP) is 3.00. The summed E-state index contributed by atoms with van der Waals surface area (Å²) >= 11 is 0. The third-order valence-electron chi connectivity index (χ3n) is 3.80. The van der Waals surface area contributed by atoms with Crippen LogP contribution in [0.25, 0.3) is 0 Å². The smallest absolute Gasteiger partial charge is 0.351 e. The highest BCUT2D eigenvalue weighted by molar-refractivity contribution is 6.07. The van der Waals surface area contributed by atoms with Crippen LogP contribution in [0.1, 0.15) is 37.5 Å². The van der Waals surface area contributed by atoms with Crippen LogP contribution in [0.15, 0.2) is 23.4 Å². The van der Waals surface area contributed by atoms with E-state index in [1.165, 1.54) is 11.1 Å². The average molecular weight is 275 g/mol. The van der Waals surface area contributed by atoms with Gasteiger partial charge >= 0.3 is 5.97 Å². The Hall–Kier alpha value is -1.84. The Labute approximate surface area is 119 Å². The van der Waals surface area contributed by atoms with Gasteiger partial charge in [-0.2, -0.15) is 0 Å². The Bertz CT molecular complexity index is 561. The number of rotatable bonds is 3. The lowest BCUT2D eigenvalue weighted by atomic mass is 9.79. The van der Waals surface area contributed by atoms with Crippen LogP contribution in [-0.2, 0) is 14.4 Å². The number of nitrogens with zero attached hydrogens (tertiary/aromatic N) is 1. The van der Waals surface area contributed by atoms with Gasteiger partial charge in [-0.25, -0.2) is 4.79 Å². The van der Waals surface area contributed by atoms with E-state index in [9.17, 15) is 4.79 Å². The third kappa shape index (κ3) is 2.42. The van der Waals surface area contributed by atoms with Crippen LogP contribution in [0.5, 0.6) is 0 Å². The Morgan fingerprint density at radius 2 is 2.05 bits per heavy atom. The van der Waals surface area contributed by atoms with Crippen LogP contribution in [0.4, 0.5) is 0 Å². The van der Waals surface area contributed by atoms with Crippen molar-refractivity contribution in [2.45, 2.75) is 40.7 Å². The van der Waals surface area contributed by atoms with Crippen LogP contribution in [0.2, 0.25) is 0 Å². The summed E-state index contributed by atoms with van der Waals surface area (Å²) in [5.41, 5.74) is 3.70. The molecule has 108 valence electrons. The summed E-state index contributed by atoms with van der Waals surface area (Å²) in [5, 5.41) is 4.13. The first-order chi connectivity index (χ1) is 9.37. The van der Waals surface area contributed by atoms with Crippen molar-refractivity contribution in [2.75, 3.05) is 6.61 Å². The van der Waals surface area contributed by atoms with Gasteiger partial charge in [0.1, 0.15) is 0 Å². The second-order valence-corrected chi connectivity index (χ2v) is 5.70. The van der Waals surface area contributed by atoms with Gasteiger partial charge in [-0.1, -0.05) is 17.3 Å². The zero-order chi connectivity index (χ0) is 14.9. The lowest BCUT2D eigenvalue weighted by Crippen LogP contribution is -2.40. The van der Waals surface area contributed by atoms with Crippen molar-refractivity contribution in [1.29, 1.82) is 0 Å². The van der Waals surface area contributed by atoms with Gasteiger partial charge in [0, 0.05) is 5.56 Å². The van der Waals surface area contributed by atoms with Gasteiger partial charge in [-0.05, 0) is 51.8 Å². The summed E-state index contributed by atoms with van der Waals surface area (Å²) in [7, 11) is 0. The van der Waals surface area contributed by atoms with Gasteiger partial charge in [-0.3, -0.25) is 0 Å². The highest BCUT2D eigenvalue weighted by Gasteiger charge is 2.48. The minimum absolute atomic E-state index is 0.341. The molecule has 0 aliphatic carbocycles. The molecule has 1 unspecified atom stereocenters. The fourth-order valence-electron chi connectivity index (χ4n) is 2.35. The predicted molar refractivity (Wildman–Crippen MR) is 77.7 cm³/mol. The summed E-state index contributed by atoms with van der Waals surface area (Å²) in [5.74, 6) is -0.361. The van der Waals surface area contributed by atoms with E-state index in [-0.39, 0.29) is 5.97 Å². The molecule has 1 heterocycles. The fourth-order valence-corrected chi connectivity index (χ4v) is 2.35. The van der Waals surface area contributed by atoms with Crippen LogP contribution in [0.3, 0.4) is 0 Å². The summed E-state index contributed by atoms with van der Waals surface area (Å²) < 4.78 is 5.05. The molecule has 0 spiro atoms. The molecule has 1 aromatic carbocycles. The average Bonchev–Trinajstić information content (AvgIpc) is 2.68. The first-order valence-corrected chi connectivity index (χ1v) is 6.86. The highest BCUT2D eigenvalue weighted by atomic mass is 16.7. The molecule has 0 radical (unpaired) electrons. The molecule has 4 heteroatoms. The van der Waals surface area contributed by atoms with Crippen molar-refractivity contribution in [3.05, 3.63) is 34.9 Å². The maximum absolute atomic E-state index is 11.9. The molecule has 0 amide bonds. The van der Waals surface area contributed by atoms with E-state index in [0.29, 0.717) is 6.61 Å². The maximum atomic E-state index is 11.9. The topological polar surface area (TPSA) is 47.9 Å². The van der Waals surface area contributed by atoms with Crippen LogP contribution < -0.4 is 0 Å². The molecule has 2 rings (SSSR count). The zero-order valence-electron chi connectivity index (χ0n) is 12.7. The van der Waals surface area contributed by atoms with E-state index >= 15 is 0 Å². The van der Waals surface area contributed by atoms with Crippen molar-refractivity contribution >= 4 is 11.7 Å². The molecule has 0 N–H and O–H groups in total. The number of aryl methyl sites for hydroxylation is 2. The molecule has 0 saturated heterocycles. The van der Waals surface area contributed by atoms with Gasteiger partial charge in [0.05, 0.1) is 17.7 Å². The quantitative estimate of drug-likeness (QED) is 0.797. The highest BCUT2D eigenvalue weighted by Crippen LogP contribution is 2.35. The minimum atomic E-state index is -0.681. The standard InChI is InChI=1S/C16H21NO3/c1-6-19-15(18)14-16(4,5)13(17-20-14)12-8-7-10(2)11(3)9-12/h7-9,14H,6H2,1-5H3. The number of carbonyl (C=O) groups is 1. The SMILES string of the molecule is CCOC(=O)C1ON=C(c2ccc(C)c(C)c2)C1(C)C. The molecular weight excluding hydrogens is 254 g/mol. The second-order valence-electron chi connectivity index (χ2n) is 5.70. The van der Waals surface area contributed by atoms with E-state index in [0.717, 1.165) is 11.3 Å². The molecule has 0 saturated carbocycles. The molecule has 4 nitrogen and oxygen atoms in total. The molecule has 1 aromatic rings. The molecule has 1 aliphatic rings. The van der Waals surface area contributed by atoms with Gasteiger partial charge in [0.25, 0.3) is 0 Å². The number of hydrogen-bond acceptors (Lipinski definition) is 4. The fraction of sp³-hybridized carbons (Fsp3) is 0.500. The number of hydrogen-bond donors (Lipinski definition) is 0. The summed E-state index contributed by atoms with van der Waals surface area (Å²) in [4.78, 5) is 17.3. The van der Waals surface area contributed by atoms with E-state index in [2.05, 4.69) is 31.1 Å². The Morgan fingerprint density at radius 1 is 1.35 bits per heavy atom. The maximum Gasteiger partial charge on any atom is 0.351 e. The van der Waals surface area contributed by atoms with Crippen molar-refractivity contribution in [3.8, 4) is 0 Å². The zero-order valence-corrected chi connectivity index (χ0v) is 12.7. The van der Waals surface area contributed by atoms with E-state index < -0.39 is 11.5 Å². The lowest BCUT2D eigenvalue weighted by Gasteiger charge is -2.24. The Kier molecular flexibility index (Phi) is 3.84. The van der Waals surface area contributed by atoms with E-state index in [1.54, 1.807) is 6.92 Å². The number of ether oxygens (including phenoxy) is 1. The van der Waals surface area contributed by atoms with Crippen LogP contribution >= 0.6 is 0 Å². The monoisotopic (exact) mass is 275 g/mol. The lowest BCUT2D eigenvalue weighted by molar-refractivity contribution is -0.159. The van der Waals surface area contributed by atoms with Crippen LogP contribution in [0, 0.1) is 19.3 Å². The minimum Gasteiger partial charge on any atom is -0.463 e. The molecule has 1 atom stereocenters. The van der Waals surface area contributed by atoms with E-state index in [1.807, 2.05) is 19.9 Å². The largest absolute Gasteiger partial charge is 0.463 e. The molecule has 0 aromatic heterocycles. The third-order valence-corrected chi connectivity index (χ3v) is 3.80. The number of esters is 1. The first-order valence-electron chi connectivity index (χ1n) is 6.86. The van der Waals surface area contributed by atoms with Crippen LogP contribution in [-0.4, -0.2) is 24.4 Å². The Balaban J connectivity index is 2.30. The summed E-state index contributed by atoms with van der Waals surface area (Å²) in [6, 6.07) is 6.15. The van der Waals surface area contributed by atoms with Crippen molar-refractivity contribution in [1.82, 2.24) is 0 Å². The van der Waals surface area contributed by atoms with E-state index in [4.69, 9.17) is 9.57 Å². The number of benzene rings is 1. The molecule has 20 heavy (non-hydrogen) atoms. The van der Waals surface area contributed by atoms with Gasteiger partial charge in [0.2, 0.25) is 6.10 Å². The molecule has 1 aliphatic heterocycles. The second kappa shape index (κ2) is 5.27. The molecular formula is C16H21NO3. The summed E-state index contributed by atoms with van der Waals surface area (Å²) in [6.45, 7) is 10.2. The van der Waals surface area contributed by atoms with Gasteiger partial charge < -0.3 is 9.57 Å². The number of carbonyl (C=O) groups excluding carboxylic acids is 1. The van der Waals surface area contributed by atoms with Gasteiger partial charge in [0.15, 0.2) is 0 Å². The van der Waals surface area contributed by atoms with Crippen molar-refractivity contribution in [2.24, 2.45) is 10.6 Å². The first kappa shape index (κ1) is 14.6. The van der Waals surface area contributed by atoms with Crippen molar-refractivity contribution in [3.63, 3.8) is 0 Å². The van der Waals surface area contributed by atoms with Gasteiger partial charge in [-0.15, -0.1) is 0 Å². The normalized spacial score (nSPS) is 20.2. The number of oxime groups is 1. The summed E-state index contributed by atoms with van der Waals surface area (Å²) in [6.07, 6.45) is -0.681. The Morgan fingerprint density at radius 3 is 2.65 bits per heavy atom. The van der Waals surface area contributed by atoms with Crippen molar-refractivity contribution < 1.29 is 14.4 Å².